The van der Waals surface area contributed by atoms with Crippen LogP contribution in [0.15, 0.2) is 91.5 Å². The number of rotatable bonds is 6. The summed E-state index contributed by atoms with van der Waals surface area (Å²) in [4.78, 5) is 11.2. The number of hydrogen-bond donors (Lipinski definition) is 1. The minimum absolute atomic E-state index is 0.0466. The van der Waals surface area contributed by atoms with Gasteiger partial charge in [0.2, 0.25) is 0 Å². The Morgan fingerprint density at radius 1 is 1.00 bits per heavy atom. The van der Waals surface area contributed by atoms with Crippen LogP contribution in [0.1, 0.15) is 29.0 Å². The molecule has 160 valence electrons. The summed E-state index contributed by atoms with van der Waals surface area (Å²) in [5.74, 6) is 0.837. The van der Waals surface area contributed by atoms with Crippen LogP contribution < -0.4 is 10.1 Å². The molecule has 0 saturated carbocycles. The molecule has 4 heterocycles. The van der Waals surface area contributed by atoms with E-state index in [4.69, 9.17) is 17.0 Å². The van der Waals surface area contributed by atoms with Crippen molar-refractivity contribution < 1.29 is 4.74 Å². The number of nitrogens with zero attached hydrogens (tertiary/aromatic N) is 4. The third kappa shape index (κ3) is 3.83. The van der Waals surface area contributed by atoms with E-state index < -0.39 is 0 Å². The molecule has 0 spiro atoms. The second kappa shape index (κ2) is 8.80. The Hall–Kier alpha value is -3.71. The fourth-order valence-corrected chi connectivity index (χ4v) is 4.50. The summed E-state index contributed by atoms with van der Waals surface area (Å²) in [5, 5.41) is 4.23. The molecule has 4 aromatic rings. The number of aromatic nitrogens is 3. The highest BCUT2D eigenvalue weighted by atomic mass is 32.1. The van der Waals surface area contributed by atoms with E-state index in [1.165, 1.54) is 0 Å². The standard InChI is InChI=1S/C25H23N5OS/c1-31-20-11-9-18(10-12-20)17-30-24(23(28-25(30)32)21-7-2-3-14-27-21)22-8-5-15-29(22)19-6-4-13-26-16-19/h2-16,23-24H,17H2,1H3,(H,28,32)/t23-,24+/m0/s1. The second-order valence-electron chi connectivity index (χ2n) is 7.62. The van der Waals surface area contributed by atoms with Gasteiger partial charge in [-0.2, -0.15) is 0 Å². The third-order valence-corrected chi connectivity index (χ3v) is 6.07. The summed E-state index contributed by atoms with van der Waals surface area (Å²) in [7, 11) is 1.68. The second-order valence-corrected chi connectivity index (χ2v) is 8.00. The van der Waals surface area contributed by atoms with Crippen molar-refractivity contribution in [3.8, 4) is 11.4 Å². The molecule has 2 atom stereocenters. The van der Waals surface area contributed by atoms with E-state index in [1.807, 2.05) is 48.8 Å². The molecule has 0 unspecified atom stereocenters. The molecule has 1 aromatic carbocycles. The van der Waals surface area contributed by atoms with Gasteiger partial charge in [0.25, 0.3) is 0 Å². The van der Waals surface area contributed by atoms with Gasteiger partial charge in [0.1, 0.15) is 5.75 Å². The van der Waals surface area contributed by atoms with Crippen LogP contribution in [0.5, 0.6) is 5.75 Å². The smallest absolute Gasteiger partial charge is 0.170 e. The van der Waals surface area contributed by atoms with Gasteiger partial charge >= 0.3 is 0 Å². The molecule has 1 aliphatic heterocycles. The van der Waals surface area contributed by atoms with Crippen LogP contribution in [0.3, 0.4) is 0 Å². The SMILES string of the molecule is COc1ccc(CN2C(=S)N[C@@H](c3ccccn3)[C@H]2c2cccn2-c2cccnc2)cc1. The molecule has 0 bridgehead atoms. The van der Waals surface area contributed by atoms with Crippen LogP contribution in [0.4, 0.5) is 0 Å². The van der Waals surface area contributed by atoms with Crippen molar-refractivity contribution in [2.45, 2.75) is 18.6 Å². The molecule has 32 heavy (non-hydrogen) atoms. The fourth-order valence-electron chi connectivity index (χ4n) is 4.19. The van der Waals surface area contributed by atoms with Gasteiger partial charge in [-0.3, -0.25) is 9.97 Å². The van der Waals surface area contributed by atoms with E-state index in [1.54, 1.807) is 13.3 Å². The van der Waals surface area contributed by atoms with E-state index in [-0.39, 0.29) is 12.1 Å². The number of nitrogens with one attached hydrogen (secondary N) is 1. The van der Waals surface area contributed by atoms with Crippen LogP contribution in [-0.2, 0) is 6.54 Å². The molecule has 7 heteroatoms. The highest BCUT2D eigenvalue weighted by Gasteiger charge is 2.41. The van der Waals surface area contributed by atoms with Crippen molar-refractivity contribution in [3.05, 3.63) is 108 Å². The number of pyridine rings is 2. The summed E-state index contributed by atoms with van der Waals surface area (Å²) in [5.41, 5.74) is 4.24. The van der Waals surface area contributed by atoms with Crippen LogP contribution in [-0.4, -0.2) is 31.7 Å². The maximum Gasteiger partial charge on any atom is 0.170 e. The predicted molar refractivity (Wildman–Crippen MR) is 128 cm³/mol. The van der Waals surface area contributed by atoms with Crippen LogP contribution in [0, 0.1) is 0 Å². The van der Waals surface area contributed by atoms with Gasteiger partial charge in [-0.25, -0.2) is 0 Å². The summed E-state index contributed by atoms with van der Waals surface area (Å²) in [6.07, 6.45) is 7.54. The number of methoxy groups -OCH3 is 1. The lowest BCUT2D eigenvalue weighted by Crippen LogP contribution is -2.30. The van der Waals surface area contributed by atoms with Crippen molar-refractivity contribution in [2.75, 3.05) is 7.11 Å². The minimum atomic E-state index is -0.0766. The number of hydrogen-bond acceptors (Lipinski definition) is 4. The summed E-state index contributed by atoms with van der Waals surface area (Å²) >= 11 is 5.82. The van der Waals surface area contributed by atoms with Crippen molar-refractivity contribution in [1.82, 2.24) is 24.8 Å². The first kappa shape index (κ1) is 20.2. The number of thiocarbonyl (C=S) groups is 1. The first-order chi connectivity index (χ1) is 15.7. The fraction of sp³-hybridized carbons (Fsp3) is 0.160. The molecule has 1 fully saturated rings. The average molecular weight is 442 g/mol. The maximum absolute atomic E-state index is 5.82. The van der Waals surface area contributed by atoms with Gasteiger partial charge in [0.15, 0.2) is 5.11 Å². The average Bonchev–Trinajstić information content (AvgIpc) is 3.45. The van der Waals surface area contributed by atoms with E-state index in [9.17, 15) is 0 Å². The molecule has 0 amide bonds. The predicted octanol–water partition coefficient (Wildman–Crippen LogP) is 4.45. The van der Waals surface area contributed by atoms with E-state index >= 15 is 0 Å². The lowest BCUT2D eigenvalue weighted by molar-refractivity contribution is 0.302. The first-order valence-electron chi connectivity index (χ1n) is 10.4. The van der Waals surface area contributed by atoms with Crippen molar-refractivity contribution >= 4 is 17.3 Å². The molecule has 1 saturated heterocycles. The first-order valence-corrected chi connectivity index (χ1v) is 10.8. The normalized spacial score (nSPS) is 17.9. The number of ether oxygens (including phenoxy) is 1. The van der Waals surface area contributed by atoms with Gasteiger partial charge in [-0.15, -0.1) is 0 Å². The Morgan fingerprint density at radius 3 is 2.59 bits per heavy atom. The van der Waals surface area contributed by atoms with E-state index in [0.717, 1.165) is 28.4 Å². The Morgan fingerprint density at radius 2 is 1.88 bits per heavy atom. The van der Waals surface area contributed by atoms with Gasteiger partial charge in [-0.05, 0) is 66.3 Å². The van der Waals surface area contributed by atoms with E-state index in [2.05, 4.69) is 61.3 Å². The molecule has 1 aliphatic rings. The lowest BCUT2D eigenvalue weighted by Gasteiger charge is -2.29. The Bertz CT molecular complexity index is 1190. The molecule has 0 radical (unpaired) electrons. The zero-order chi connectivity index (χ0) is 21.9. The maximum atomic E-state index is 5.82. The molecular formula is C25H23N5OS. The van der Waals surface area contributed by atoms with Gasteiger partial charge in [0, 0.05) is 30.8 Å². The number of benzene rings is 1. The summed E-state index contributed by atoms with van der Waals surface area (Å²) in [6, 6.07) is 22.2. The zero-order valence-electron chi connectivity index (χ0n) is 17.6. The topological polar surface area (TPSA) is 55.2 Å². The largest absolute Gasteiger partial charge is 0.497 e. The third-order valence-electron chi connectivity index (χ3n) is 5.72. The minimum Gasteiger partial charge on any atom is -0.497 e. The van der Waals surface area contributed by atoms with Crippen LogP contribution in [0.25, 0.3) is 5.69 Å². The lowest BCUT2D eigenvalue weighted by atomic mass is 10.0. The van der Waals surface area contributed by atoms with Gasteiger partial charge in [0.05, 0.1) is 36.8 Å². The van der Waals surface area contributed by atoms with Crippen LogP contribution >= 0.6 is 12.2 Å². The van der Waals surface area contributed by atoms with Gasteiger partial charge in [-0.1, -0.05) is 18.2 Å². The van der Waals surface area contributed by atoms with Crippen LogP contribution in [0.2, 0.25) is 0 Å². The highest BCUT2D eigenvalue weighted by Crippen LogP contribution is 2.40. The molecular weight excluding hydrogens is 418 g/mol. The zero-order valence-corrected chi connectivity index (χ0v) is 18.4. The van der Waals surface area contributed by atoms with E-state index in [0.29, 0.717) is 11.7 Å². The van der Waals surface area contributed by atoms with Gasteiger partial charge < -0.3 is 19.5 Å². The Balaban J connectivity index is 1.57. The Labute approximate surface area is 192 Å². The molecule has 3 aromatic heterocycles. The van der Waals surface area contributed by atoms with Crippen molar-refractivity contribution in [1.29, 1.82) is 0 Å². The monoisotopic (exact) mass is 441 g/mol. The molecule has 6 nitrogen and oxygen atoms in total. The summed E-state index contributed by atoms with van der Waals surface area (Å²) in [6.45, 7) is 0.669. The molecule has 1 N–H and O–H groups in total. The molecule has 0 aliphatic carbocycles. The van der Waals surface area contributed by atoms with Crippen molar-refractivity contribution in [2.24, 2.45) is 0 Å². The summed E-state index contributed by atoms with van der Waals surface area (Å²) < 4.78 is 7.48. The highest BCUT2D eigenvalue weighted by molar-refractivity contribution is 7.80. The quantitative estimate of drug-likeness (QED) is 0.446. The van der Waals surface area contributed by atoms with Crippen molar-refractivity contribution in [3.63, 3.8) is 0 Å². The Kier molecular flexibility index (Phi) is 5.56. The molecule has 5 rings (SSSR count).